The number of methoxy groups -OCH3 is 5. The molecule has 1 atom stereocenters. The molecule has 1 unspecified atom stereocenters. The Hall–Kier alpha value is -2.64. The van der Waals surface area contributed by atoms with Crippen molar-refractivity contribution in [2.45, 2.75) is 12.5 Å². The highest BCUT2D eigenvalue weighted by Crippen LogP contribution is 2.46. The molecular weight excluding hydrogens is 384 g/mol. The molecule has 0 spiro atoms. The standard InChI is InChI=1S/C23H32N2O5/c1-26-17-8-6-9-18(27-2)21(17)22(25-12-7-10-24-11-13-25)16-14-19(28-3)23(30-5)20(15-16)29-4/h6,8-9,14-15,22,24H,7,10-13H2,1-5H3. The molecule has 0 radical (unpaired) electrons. The van der Waals surface area contributed by atoms with Crippen LogP contribution >= 0.6 is 0 Å². The minimum atomic E-state index is -0.107. The van der Waals surface area contributed by atoms with Crippen molar-refractivity contribution in [2.24, 2.45) is 0 Å². The number of hydrogen-bond donors (Lipinski definition) is 1. The molecular formula is C23H32N2O5. The lowest BCUT2D eigenvalue weighted by Gasteiger charge is -2.33. The third-order valence-corrected chi connectivity index (χ3v) is 5.48. The van der Waals surface area contributed by atoms with E-state index in [1.807, 2.05) is 30.3 Å². The summed E-state index contributed by atoms with van der Waals surface area (Å²) in [5.74, 6) is 3.39. The first-order chi connectivity index (χ1) is 14.7. The van der Waals surface area contributed by atoms with Crippen molar-refractivity contribution in [3.63, 3.8) is 0 Å². The molecule has 1 aliphatic heterocycles. The van der Waals surface area contributed by atoms with E-state index in [1.54, 1.807) is 35.5 Å². The summed E-state index contributed by atoms with van der Waals surface area (Å²) in [6.45, 7) is 3.75. The lowest BCUT2D eigenvalue weighted by atomic mass is 9.94. The molecule has 0 amide bonds. The molecule has 0 aromatic heterocycles. The minimum Gasteiger partial charge on any atom is -0.496 e. The average molecular weight is 417 g/mol. The number of benzene rings is 2. The van der Waals surface area contributed by atoms with E-state index in [0.29, 0.717) is 17.2 Å². The van der Waals surface area contributed by atoms with Gasteiger partial charge in [-0.3, -0.25) is 4.90 Å². The Kier molecular flexibility index (Phi) is 7.65. The smallest absolute Gasteiger partial charge is 0.203 e. The second kappa shape index (κ2) is 10.4. The Labute approximate surface area is 178 Å². The van der Waals surface area contributed by atoms with Gasteiger partial charge < -0.3 is 29.0 Å². The zero-order chi connectivity index (χ0) is 21.5. The van der Waals surface area contributed by atoms with Crippen LogP contribution < -0.4 is 29.0 Å². The highest BCUT2D eigenvalue weighted by atomic mass is 16.5. The first kappa shape index (κ1) is 22.1. The van der Waals surface area contributed by atoms with Gasteiger partial charge in [-0.1, -0.05) is 6.07 Å². The predicted molar refractivity (Wildman–Crippen MR) is 117 cm³/mol. The molecule has 164 valence electrons. The van der Waals surface area contributed by atoms with E-state index in [1.165, 1.54) is 0 Å². The van der Waals surface area contributed by atoms with Gasteiger partial charge in [-0.15, -0.1) is 0 Å². The number of nitrogens with one attached hydrogen (secondary N) is 1. The molecule has 0 bridgehead atoms. The highest BCUT2D eigenvalue weighted by Gasteiger charge is 2.31. The van der Waals surface area contributed by atoms with Crippen molar-refractivity contribution in [1.82, 2.24) is 10.2 Å². The summed E-state index contributed by atoms with van der Waals surface area (Å²) < 4.78 is 28.3. The maximum atomic E-state index is 5.76. The summed E-state index contributed by atoms with van der Waals surface area (Å²) in [6, 6.07) is 9.80. The lowest BCUT2D eigenvalue weighted by molar-refractivity contribution is 0.229. The molecule has 30 heavy (non-hydrogen) atoms. The first-order valence-electron chi connectivity index (χ1n) is 10.1. The average Bonchev–Trinajstić information content (AvgIpc) is 3.07. The van der Waals surface area contributed by atoms with Crippen molar-refractivity contribution in [3.05, 3.63) is 41.5 Å². The molecule has 1 fully saturated rings. The van der Waals surface area contributed by atoms with E-state index in [0.717, 1.165) is 55.2 Å². The van der Waals surface area contributed by atoms with Gasteiger partial charge >= 0.3 is 0 Å². The van der Waals surface area contributed by atoms with Crippen molar-refractivity contribution in [2.75, 3.05) is 61.7 Å². The van der Waals surface area contributed by atoms with Crippen LogP contribution in [0.25, 0.3) is 0 Å². The van der Waals surface area contributed by atoms with Crippen LogP contribution in [0.1, 0.15) is 23.6 Å². The second-order valence-corrected chi connectivity index (χ2v) is 7.08. The fourth-order valence-electron chi connectivity index (χ4n) is 4.09. The summed E-state index contributed by atoms with van der Waals surface area (Å²) >= 11 is 0. The zero-order valence-corrected chi connectivity index (χ0v) is 18.5. The Morgan fingerprint density at radius 1 is 0.767 bits per heavy atom. The Bertz CT molecular complexity index is 787. The van der Waals surface area contributed by atoms with Crippen molar-refractivity contribution in [1.29, 1.82) is 0 Å². The Morgan fingerprint density at radius 3 is 1.90 bits per heavy atom. The van der Waals surface area contributed by atoms with Crippen molar-refractivity contribution < 1.29 is 23.7 Å². The van der Waals surface area contributed by atoms with Crippen LogP contribution in [0.5, 0.6) is 28.7 Å². The van der Waals surface area contributed by atoms with E-state index >= 15 is 0 Å². The summed E-state index contributed by atoms with van der Waals surface area (Å²) in [5.41, 5.74) is 2.01. The van der Waals surface area contributed by atoms with E-state index in [4.69, 9.17) is 23.7 Å². The summed E-state index contributed by atoms with van der Waals surface area (Å²) in [5, 5.41) is 3.48. The molecule has 0 aliphatic carbocycles. The Balaban J connectivity index is 2.24. The highest BCUT2D eigenvalue weighted by molar-refractivity contribution is 5.58. The molecule has 1 aliphatic rings. The molecule has 7 nitrogen and oxygen atoms in total. The van der Waals surface area contributed by atoms with Gasteiger partial charge in [-0.05, 0) is 42.8 Å². The van der Waals surface area contributed by atoms with Crippen LogP contribution in [-0.4, -0.2) is 66.6 Å². The van der Waals surface area contributed by atoms with Gasteiger partial charge in [-0.2, -0.15) is 0 Å². The minimum absolute atomic E-state index is 0.107. The van der Waals surface area contributed by atoms with Gasteiger partial charge in [0.1, 0.15) is 11.5 Å². The van der Waals surface area contributed by atoms with Gasteiger partial charge in [0.15, 0.2) is 11.5 Å². The lowest BCUT2D eigenvalue weighted by Crippen LogP contribution is -2.33. The SMILES string of the molecule is COc1cc(C(c2c(OC)cccc2OC)N2CCCNCC2)cc(OC)c1OC. The third kappa shape index (κ3) is 4.42. The largest absolute Gasteiger partial charge is 0.496 e. The normalized spacial score (nSPS) is 15.8. The van der Waals surface area contributed by atoms with Gasteiger partial charge in [0, 0.05) is 19.6 Å². The molecule has 3 rings (SSSR count). The number of ether oxygens (including phenoxy) is 5. The topological polar surface area (TPSA) is 61.4 Å². The van der Waals surface area contributed by atoms with E-state index in [-0.39, 0.29) is 6.04 Å². The van der Waals surface area contributed by atoms with E-state index in [9.17, 15) is 0 Å². The van der Waals surface area contributed by atoms with Crippen LogP contribution in [0.2, 0.25) is 0 Å². The Morgan fingerprint density at radius 2 is 1.37 bits per heavy atom. The molecule has 0 saturated carbocycles. The van der Waals surface area contributed by atoms with Gasteiger partial charge in [0.05, 0.1) is 47.2 Å². The van der Waals surface area contributed by atoms with Gasteiger partial charge in [0.2, 0.25) is 5.75 Å². The number of rotatable bonds is 8. The van der Waals surface area contributed by atoms with Crippen LogP contribution in [0, 0.1) is 0 Å². The molecule has 2 aromatic rings. The fourth-order valence-corrected chi connectivity index (χ4v) is 4.09. The summed E-state index contributed by atoms with van der Waals surface area (Å²) in [7, 11) is 8.26. The van der Waals surface area contributed by atoms with Crippen LogP contribution in [0.3, 0.4) is 0 Å². The first-order valence-corrected chi connectivity index (χ1v) is 10.1. The molecule has 1 saturated heterocycles. The fraction of sp³-hybridized carbons (Fsp3) is 0.478. The number of hydrogen-bond acceptors (Lipinski definition) is 7. The summed E-state index contributed by atoms with van der Waals surface area (Å²) in [4.78, 5) is 2.45. The van der Waals surface area contributed by atoms with Crippen LogP contribution in [0.15, 0.2) is 30.3 Å². The second-order valence-electron chi connectivity index (χ2n) is 7.08. The molecule has 7 heteroatoms. The molecule has 1 heterocycles. The van der Waals surface area contributed by atoms with Gasteiger partial charge in [0.25, 0.3) is 0 Å². The van der Waals surface area contributed by atoms with Gasteiger partial charge in [-0.25, -0.2) is 0 Å². The van der Waals surface area contributed by atoms with Crippen LogP contribution in [-0.2, 0) is 0 Å². The monoisotopic (exact) mass is 416 g/mol. The predicted octanol–water partition coefficient (Wildman–Crippen LogP) is 3.11. The van der Waals surface area contributed by atoms with Crippen molar-refractivity contribution >= 4 is 0 Å². The maximum Gasteiger partial charge on any atom is 0.203 e. The van der Waals surface area contributed by atoms with Crippen molar-refractivity contribution in [3.8, 4) is 28.7 Å². The van der Waals surface area contributed by atoms with Crippen LogP contribution in [0.4, 0.5) is 0 Å². The summed E-state index contributed by atoms with van der Waals surface area (Å²) in [6.07, 6.45) is 1.05. The number of nitrogens with zero attached hydrogens (tertiary/aromatic N) is 1. The maximum absolute atomic E-state index is 5.76. The molecule has 1 N–H and O–H groups in total. The van der Waals surface area contributed by atoms with E-state index in [2.05, 4.69) is 10.2 Å². The van der Waals surface area contributed by atoms with E-state index < -0.39 is 0 Å². The quantitative estimate of drug-likeness (QED) is 0.709. The molecule has 2 aromatic carbocycles. The zero-order valence-electron chi connectivity index (χ0n) is 18.5. The third-order valence-electron chi connectivity index (χ3n) is 5.48.